The van der Waals surface area contributed by atoms with Crippen molar-refractivity contribution in [3.05, 3.63) is 59.7 Å². The first-order valence-corrected chi connectivity index (χ1v) is 13.4. The molecular weight excluding hydrogens is 470 g/mol. The lowest BCUT2D eigenvalue weighted by molar-refractivity contribution is -0.0575. The standard InChI is InChI=1S/C29H43N3O5/c1-3-22-11-4-6-14-26(22)37-27-15-7-5-13-25(27)29(35,16-8-9-18-36-2)23-12-10-17-32(21-23)28(34)31-20-24(33)19-30/h4-7,11,13-15,23-24,33,35H,3,8-10,12,16-21,30H2,1-2H3,(H,31,34)/t23?,24-,29+/m1/s1. The molecular formula is C29H43N3O5. The number of aliphatic hydroxyl groups excluding tert-OH is 1. The predicted octanol–water partition coefficient (Wildman–Crippen LogP) is 3.79. The van der Waals surface area contributed by atoms with E-state index in [0.29, 0.717) is 31.9 Å². The molecule has 0 aromatic heterocycles. The molecule has 2 amide bonds. The van der Waals surface area contributed by atoms with Crippen LogP contribution in [0.3, 0.4) is 0 Å². The van der Waals surface area contributed by atoms with Crippen molar-refractivity contribution in [1.82, 2.24) is 10.2 Å². The summed E-state index contributed by atoms with van der Waals surface area (Å²) in [5.74, 6) is 1.23. The largest absolute Gasteiger partial charge is 0.457 e. The molecule has 0 radical (unpaired) electrons. The number of para-hydroxylation sites is 2. The number of urea groups is 1. The van der Waals surface area contributed by atoms with Crippen LogP contribution in [0.2, 0.25) is 0 Å². The van der Waals surface area contributed by atoms with Gasteiger partial charge in [0.2, 0.25) is 0 Å². The number of aryl methyl sites for hydroxylation is 1. The Kier molecular flexibility index (Phi) is 11.2. The number of amides is 2. The quantitative estimate of drug-likeness (QED) is 0.303. The number of hydrogen-bond acceptors (Lipinski definition) is 6. The minimum Gasteiger partial charge on any atom is -0.457 e. The topological polar surface area (TPSA) is 117 Å². The number of methoxy groups -OCH3 is 1. The summed E-state index contributed by atoms with van der Waals surface area (Å²) in [6, 6.07) is 15.4. The van der Waals surface area contributed by atoms with Gasteiger partial charge in [-0.05, 0) is 56.2 Å². The maximum Gasteiger partial charge on any atom is 0.317 e. The summed E-state index contributed by atoms with van der Waals surface area (Å²) in [7, 11) is 1.68. The fourth-order valence-corrected chi connectivity index (χ4v) is 5.08. The van der Waals surface area contributed by atoms with Gasteiger partial charge in [0, 0.05) is 51.4 Å². The first kappa shape index (κ1) is 28.9. The molecule has 1 fully saturated rings. The van der Waals surface area contributed by atoms with Gasteiger partial charge in [0.15, 0.2) is 0 Å². The van der Waals surface area contributed by atoms with Gasteiger partial charge in [-0.1, -0.05) is 43.3 Å². The second-order valence-corrected chi connectivity index (χ2v) is 9.79. The van der Waals surface area contributed by atoms with Crippen LogP contribution in [0.1, 0.15) is 50.2 Å². The molecule has 1 unspecified atom stereocenters. The number of piperidine rings is 1. The summed E-state index contributed by atoms with van der Waals surface area (Å²) in [5.41, 5.74) is 6.11. The van der Waals surface area contributed by atoms with Crippen LogP contribution < -0.4 is 15.8 Å². The van der Waals surface area contributed by atoms with Gasteiger partial charge in [-0.3, -0.25) is 0 Å². The third-order valence-corrected chi connectivity index (χ3v) is 7.23. The first-order valence-electron chi connectivity index (χ1n) is 13.4. The van der Waals surface area contributed by atoms with Gasteiger partial charge < -0.3 is 35.6 Å². The van der Waals surface area contributed by atoms with E-state index in [0.717, 1.165) is 49.0 Å². The Balaban J connectivity index is 1.89. The third kappa shape index (κ3) is 7.68. The molecule has 204 valence electrons. The van der Waals surface area contributed by atoms with Crippen LogP contribution in [0.15, 0.2) is 48.5 Å². The SMILES string of the molecule is CCc1ccccc1Oc1ccccc1[C@](O)(CCCCOC)C1CCCN(C(=O)NC[C@H](O)CN)C1. The number of nitrogens with zero attached hydrogens (tertiary/aromatic N) is 1. The molecule has 0 spiro atoms. The zero-order valence-corrected chi connectivity index (χ0v) is 22.2. The van der Waals surface area contributed by atoms with Crippen molar-refractivity contribution in [3.8, 4) is 11.5 Å². The van der Waals surface area contributed by atoms with Crippen LogP contribution in [-0.2, 0) is 16.8 Å². The second-order valence-electron chi connectivity index (χ2n) is 9.79. The summed E-state index contributed by atoms with van der Waals surface area (Å²) < 4.78 is 11.7. The average Bonchev–Trinajstić information content (AvgIpc) is 2.94. The third-order valence-electron chi connectivity index (χ3n) is 7.23. The van der Waals surface area contributed by atoms with Gasteiger partial charge in [-0.25, -0.2) is 4.79 Å². The summed E-state index contributed by atoms with van der Waals surface area (Å²) in [5, 5.41) is 24.9. The van der Waals surface area contributed by atoms with Crippen molar-refractivity contribution in [2.75, 3.05) is 39.9 Å². The molecule has 8 nitrogen and oxygen atoms in total. The fraction of sp³-hybridized carbons (Fsp3) is 0.552. The van der Waals surface area contributed by atoms with Crippen LogP contribution in [0.25, 0.3) is 0 Å². The molecule has 3 rings (SSSR count). The molecule has 0 aliphatic carbocycles. The lowest BCUT2D eigenvalue weighted by Gasteiger charge is -2.43. The van der Waals surface area contributed by atoms with E-state index in [1.54, 1.807) is 12.0 Å². The van der Waals surface area contributed by atoms with Gasteiger partial charge in [0.05, 0.1) is 11.7 Å². The Morgan fingerprint density at radius 1 is 1.19 bits per heavy atom. The van der Waals surface area contributed by atoms with Gasteiger partial charge in [0.25, 0.3) is 0 Å². The van der Waals surface area contributed by atoms with Crippen molar-refractivity contribution in [2.45, 2.75) is 57.2 Å². The molecule has 0 saturated carbocycles. The fourth-order valence-electron chi connectivity index (χ4n) is 5.08. The minimum atomic E-state index is -1.19. The average molecular weight is 514 g/mol. The number of rotatable bonds is 13. The van der Waals surface area contributed by atoms with E-state index in [9.17, 15) is 15.0 Å². The lowest BCUT2D eigenvalue weighted by atomic mass is 9.73. The van der Waals surface area contributed by atoms with Gasteiger partial charge >= 0.3 is 6.03 Å². The van der Waals surface area contributed by atoms with Gasteiger partial charge in [-0.15, -0.1) is 0 Å². The van der Waals surface area contributed by atoms with Crippen molar-refractivity contribution in [3.63, 3.8) is 0 Å². The van der Waals surface area contributed by atoms with Crippen molar-refractivity contribution < 1.29 is 24.5 Å². The molecule has 37 heavy (non-hydrogen) atoms. The van der Waals surface area contributed by atoms with Crippen molar-refractivity contribution in [1.29, 1.82) is 0 Å². The normalized spacial score (nSPS) is 18.2. The highest BCUT2D eigenvalue weighted by molar-refractivity contribution is 5.74. The van der Waals surface area contributed by atoms with E-state index < -0.39 is 11.7 Å². The highest BCUT2D eigenvalue weighted by Crippen LogP contribution is 2.44. The zero-order valence-electron chi connectivity index (χ0n) is 22.2. The molecule has 1 saturated heterocycles. The van der Waals surface area contributed by atoms with Gasteiger partial charge in [0.1, 0.15) is 11.5 Å². The number of hydrogen-bond donors (Lipinski definition) is 4. The van der Waals surface area contributed by atoms with Crippen molar-refractivity contribution in [2.24, 2.45) is 11.7 Å². The van der Waals surface area contributed by atoms with Crippen LogP contribution >= 0.6 is 0 Å². The molecule has 8 heteroatoms. The smallest absolute Gasteiger partial charge is 0.317 e. The summed E-state index contributed by atoms with van der Waals surface area (Å²) >= 11 is 0. The van der Waals surface area contributed by atoms with E-state index >= 15 is 0 Å². The minimum absolute atomic E-state index is 0.0854. The molecule has 2 aromatic rings. The van der Waals surface area contributed by atoms with Crippen LogP contribution in [0.5, 0.6) is 11.5 Å². The first-order chi connectivity index (χ1) is 17.9. The highest BCUT2D eigenvalue weighted by Gasteiger charge is 2.43. The van der Waals surface area contributed by atoms with E-state index in [-0.39, 0.29) is 25.0 Å². The Bertz CT molecular complexity index is 988. The van der Waals surface area contributed by atoms with E-state index in [4.69, 9.17) is 15.2 Å². The number of carbonyl (C=O) groups is 1. The van der Waals surface area contributed by atoms with E-state index in [1.165, 1.54) is 0 Å². The number of aliphatic hydroxyl groups is 2. The zero-order chi connectivity index (χ0) is 26.7. The van der Waals surface area contributed by atoms with Gasteiger partial charge in [-0.2, -0.15) is 0 Å². The molecule has 1 aliphatic heterocycles. The van der Waals surface area contributed by atoms with Crippen LogP contribution in [0, 0.1) is 5.92 Å². The number of benzene rings is 2. The maximum atomic E-state index is 12.8. The number of carbonyl (C=O) groups excluding carboxylic acids is 1. The summed E-state index contributed by atoms with van der Waals surface area (Å²) in [6.45, 7) is 3.91. The Labute approximate surface area is 220 Å². The Morgan fingerprint density at radius 3 is 2.65 bits per heavy atom. The molecule has 3 atom stereocenters. The Morgan fingerprint density at radius 2 is 1.92 bits per heavy atom. The molecule has 1 aliphatic rings. The molecule has 2 aromatic carbocycles. The maximum absolute atomic E-state index is 12.8. The van der Waals surface area contributed by atoms with E-state index in [2.05, 4.69) is 12.2 Å². The number of unbranched alkanes of at least 4 members (excludes halogenated alkanes) is 1. The lowest BCUT2D eigenvalue weighted by Crippen LogP contribution is -2.52. The van der Waals surface area contributed by atoms with Crippen molar-refractivity contribution >= 4 is 6.03 Å². The summed E-state index contributed by atoms with van der Waals surface area (Å²) in [6.07, 6.45) is 3.75. The van der Waals surface area contributed by atoms with Crippen LogP contribution in [-0.4, -0.2) is 67.1 Å². The number of nitrogens with two attached hydrogens (primary N) is 1. The monoisotopic (exact) mass is 513 g/mol. The predicted molar refractivity (Wildman–Crippen MR) is 145 cm³/mol. The highest BCUT2D eigenvalue weighted by atomic mass is 16.5. The molecule has 5 N–H and O–H groups in total. The number of ether oxygens (including phenoxy) is 2. The molecule has 0 bridgehead atoms. The molecule has 1 heterocycles. The second kappa shape index (κ2) is 14.3. The number of likely N-dealkylation sites (tertiary alicyclic amines) is 1. The van der Waals surface area contributed by atoms with E-state index in [1.807, 2.05) is 48.5 Å². The summed E-state index contributed by atoms with van der Waals surface area (Å²) in [4.78, 5) is 14.6. The number of nitrogens with one attached hydrogen (secondary N) is 1. The Hall–Kier alpha value is -2.65. The van der Waals surface area contributed by atoms with Crippen LogP contribution in [0.4, 0.5) is 4.79 Å².